The molecule has 2 heteroatoms. The van der Waals surface area contributed by atoms with Gasteiger partial charge in [0, 0.05) is 42.0 Å². The summed E-state index contributed by atoms with van der Waals surface area (Å²) in [6.45, 7) is 3.84. The molecule has 11 aromatic rings. The lowest BCUT2D eigenvalue weighted by Crippen LogP contribution is -2.26. The van der Waals surface area contributed by atoms with Gasteiger partial charge in [0.05, 0.1) is 16.4 Å². The summed E-state index contributed by atoms with van der Waals surface area (Å²) in [5.74, 6) is 0. The number of nitrogens with zero attached hydrogens (tertiary/aromatic N) is 1. The zero-order valence-electron chi connectivity index (χ0n) is 36.7. The van der Waals surface area contributed by atoms with Crippen LogP contribution in [0.1, 0.15) is 27.8 Å². The Kier molecular flexibility index (Phi) is 9.16. The number of thiophene rings is 1. The molecular formula is C65H43NS. The maximum absolute atomic E-state index is 3.84. The fourth-order valence-corrected chi connectivity index (χ4v) is 12.6. The first-order chi connectivity index (χ1) is 33.2. The fourth-order valence-electron chi connectivity index (χ4n) is 11.3. The normalized spacial score (nSPS) is 14.1. The van der Waals surface area contributed by atoms with Crippen molar-refractivity contribution in [2.45, 2.75) is 5.41 Å². The zero-order chi connectivity index (χ0) is 44.5. The Labute approximate surface area is 394 Å². The highest BCUT2D eigenvalue weighted by Gasteiger charge is 2.51. The summed E-state index contributed by atoms with van der Waals surface area (Å²) in [6.07, 6.45) is 19.2. The van der Waals surface area contributed by atoms with Gasteiger partial charge in [0.25, 0.3) is 0 Å². The van der Waals surface area contributed by atoms with E-state index in [1.54, 1.807) is 6.08 Å². The Morgan fingerprint density at radius 1 is 0.448 bits per heavy atom. The van der Waals surface area contributed by atoms with Gasteiger partial charge >= 0.3 is 0 Å². The summed E-state index contributed by atoms with van der Waals surface area (Å²) in [5, 5.41) is 7.72. The number of fused-ring (bicyclic) bond motifs is 17. The summed E-state index contributed by atoms with van der Waals surface area (Å²) in [7, 11) is 0. The van der Waals surface area contributed by atoms with Gasteiger partial charge in [0.2, 0.25) is 0 Å². The van der Waals surface area contributed by atoms with E-state index in [2.05, 4.69) is 242 Å². The van der Waals surface area contributed by atoms with Gasteiger partial charge in [-0.2, -0.15) is 0 Å². The Balaban J connectivity index is 1.04. The molecule has 2 aliphatic rings. The predicted octanol–water partition coefficient (Wildman–Crippen LogP) is 17.6. The molecule has 0 aliphatic heterocycles. The molecule has 0 bridgehead atoms. The van der Waals surface area contributed by atoms with Crippen LogP contribution in [0.3, 0.4) is 0 Å². The van der Waals surface area contributed by atoms with Crippen LogP contribution >= 0.6 is 11.3 Å². The second-order valence-corrected chi connectivity index (χ2v) is 18.6. The lowest BCUT2D eigenvalue weighted by atomic mass is 9.69. The number of hydrogen-bond acceptors (Lipinski definition) is 1. The molecule has 13 rings (SSSR count). The molecule has 1 spiro atoms. The van der Waals surface area contributed by atoms with E-state index in [9.17, 15) is 0 Å². The SMILES string of the molecule is C=C\C=C/C=C\C=C\C1=C(/C=C\c2ccc3sc4c(c3c2)c2ccccc2c2c4c3ccc(-c4ccccc4)cc3n2-c2ccccc2)c2ccccc2C12c1ccccc1-c1ccccc12. The number of aromatic nitrogens is 1. The summed E-state index contributed by atoms with van der Waals surface area (Å²) in [4.78, 5) is 0. The van der Waals surface area contributed by atoms with Crippen molar-refractivity contribution in [2.24, 2.45) is 0 Å². The van der Waals surface area contributed by atoms with Gasteiger partial charge in [0.1, 0.15) is 0 Å². The Hall–Kier alpha value is -8.30. The average Bonchev–Trinajstić information content (AvgIpc) is 4.11. The van der Waals surface area contributed by atoms with Gasteiger partial charge in [-0.05, 0) is 96.9 Å². The molecule has 9 aromatic carbocycles. The average molecular weight is 870 g/mol. The molecule has 0 N–H and O–H groups in total. The van der Waals surface area contributed by atoms with Gasteiger partial charge < -0.3 is 4.57 Å². The molecule has 1 nitrogen and oxygen atoms in total. The Morgan fingerprint density at radius 3 is 1.82 bits per heavy atom. The van der Waals surface area contributed by atoms with Gasteiger partial charge in [-0.15, -0.1) is 11.3 Å². The quantitative estimate of drug-likeness (QED) is 0.134. The molecule has 314 valence electrons. The monoisotopic (exact) mass is 869 g/mol. The van der Waals surface area contributed by atoms with Crippen LogP contribution in [0.5, 0.6) is 0 Å². The van der Waals surface area contributed by atoms with Crippen molar-refractivity contribution >= 4 is 75.7 Å². The molecule has 0 radical (unpaired) electrons. The molecule has 2 heterocycles. The lowest BCUT2D eigenvalue weighted by Gasteiger charge is -2.31. The summed E-state index contributed by atoms with van der Waals surface area (Å²) in [5.41, 5.74) is 17.1. The van der Waals surface area contributed by atoms with E-state index in [-0.39, 0.29) is 0 Å². The molecule has 0 amide bonds. The lowest BCUT2D eigenvalue weighted by molar-refractivity contribution is 0.786. The largest absolute Gasteiger partial charge is 0.309 e. The summed E-state index contributed by atoms with van der Waals surface area (Å²) in [6, 6.07) is 71.8. The van der Waals surface area contributed by atoms with Crippen molar-refractivity contribution in [1.29, 1.82) is 0 Å². The maximum atomic E-state index is 3.84. The minimum atomic E-state index is -0.455. The topological polar surface area (TPSA) is 4.93 Å². The van der Waals surface area contributed by atoms with Crippen molar-refractivity contribution in [3.05, 3.63) is 283 Å². The second-order valence-electron chi connectivity index (χ2n) is 17.5. The molecular weight excluding hydrogens is 827 g/mol. The number of para-hydroxylation sites is 1. The van der Waals surface area contributed by atoms with Crippen molar-refractivity contribution in [3.63, 3.8) is 0 Å². The van der Waals surface area contributed by atoms with Crippen LogP contribution in [-0.2, 0) is 5.41 Å². The highest BCUT2D eigenvalue weighted by Crippen LogP contribution is 2.62. The zero-order valence-corrected chi connectivity index (χ0v) is 37.6. The molecule has 0 fully saturated rings. The molecule has 0 atom stereocenters. The number of hydrogen-bond donors (Lipinski definition) is 0. The third-order valence-corrected chi connectivity index (χ3v) is 15.2. The van der Waals surface area contributed by atoms with Crippen LogP contribution in [0.25, 0.3) is 92.3 Å². The third-order valence-electron chi connectivity index (χ3n) is 14.0. The highest BCUT2D eigenvalue weighted by molar-refractivity contribution is 7.27. The molecule has 0 saturated carbocycles. The van der Waals surface area contributed by atoms with Gasteiger partial charge in [-0.1, -0.05) is 225 Å². The third kappa shape index (κ3) is 5.87. The van der Waals surface area contributed by atoms with Crippen LogP contribution in [0.15, 0.2) is 255 Å². The smallest absolute Gasteiger partial charge is 0.0725 e. The molecule has 0 unspecified atom stereocenters. The summed E-state index contributed by atoms with van der Waals surface area (Å²) >= 11 is 1.92. The number of allylic oxidation sites excluding steroid dienone is 10. The first-order valence-electron chi connectivity index (χ1n) is 23.0. The van der Waals surface area contributed by atoms with E-state index in [1.807, 2.05) is 23.5 Å². The van der Waals surface area contributed by atoms with Crippen molar-refractivity contribution in [2.75, 3.05) is 0 Å². The standard InChI is InChI=1S/C65H43NS/c1-2-3-4-5-6-13-31-58-50(49-28-18-21-34-57(49)65(58)55-32-19-16-26-47(55)48-27-17-20-33-56(48)65)38-35-43-36-40-60-54(41-43)61-51-29-14-15-30-52(51)63-62(64(61)67-60)53-39-37-45(44-22-9-7-10-23-44)42-59(53)66(63)46-24-11-8-12-25-46/h2-42H,1H2/b4-3-,6-5-,31-13+,38-35-. The first-order valence-corrected chi connectivity index (χ1v) is 23.9. The number of rotatable bonds is 8. The van der Waals surface area contributed by atoms with Gasteiger partial charge in [0.15, 0.2) is 0 Å². The van der Waals surface area contributed by atoms with Crippen LogP contribution in [-0.4, -0.2) is 4.57 Å². The van der Waals surface area contributed by atoms with E-state index in [0.29, 0.717) is 0 Å². The van der Waals surface area contributed by atoms with Crippen LogP contribution in [0.2, 0.25) is 0 Å². The first kappa shape index (κ1) is 39.1. The van der Waals surface area contributed by atoms with Gasteiger partial charge in [-0.3, -0.25) is 0 Å². The Morgan fingerprint density at radius 2 is 1.07 bits per heavy atom. The summed E-state index contributed by atoms with van der Waals surface area (Å²) < 4.78 is 5.11. The number of benzene rings is 9. The molecule has 0 saturated heterocycles. The molecule has 67 heavy (non-hydrogen) atoms. The van der Waals surface area contributed by atoms with Crippen molar-refractivity contribution < 1.29 is 0 Å². The minimum Gasteiger partial charge on any atom is -0.309 e. The van der Waals surface area contributed by atoms with Crippen molar-refractivity contribution in [1.82, 2.24) is 4.57 Å². The second kappa shape index (κ2) is 15.7. The fraction of sp³-hybridized carbons (Fsp3) is 0.0154. The maximum Gasteiger partial charge on any atom is 0.0725 e. The highest BCUT2D eigenvalue weighted by atomic mass is 32.1. The van der Waals surface area contributed by atoms with E-state index in [4.69, 9.17) is 0 Å². The van der Waals surface area contributed by atoms with E-state index in [0.717, 1.165) is 5.69 Å². The van der Waals surface area contributed by atoms with E-state index < -0.39 is 5.41 Å². The molecule has 2 aromatic heterocycles. The van der Waals surface area contributed by atoms with Gasteiger partial charge in [-0.25, -0.2) is 0 Å². The van der Waals surface area contributed by atoms with Crippen molar-refractivity contribution in [3.8, 4) is 27.9 Å². The van der Waals surface area contributed by atoms with E-state index >= 15 is 0 Å². The predicted molar refractivity (Wildman–Crippen MR) is 288 cm³/mol. The van der Waals surface area contributed by atoms with Crippen LogP contribution in [0, 0.1) is 0 Å². The molecule has 2 aliphatic carbocycles. The van der Waals surface area contributed by atoms with Crippen LogP contribution < -0.4 is 0 Å². The van der Waals surface area contributed by atoms with E-state index in [1.165, 1.54) is 114 Å². The minimum absolute atomic E-state index is 0.455. The Bertz CT molecular complexity index is 3930. The van der Waals surface area contributed by atoms with Crippen LogP contribution in [0.4, 0.5) is 0 Å².